The molecule has 4 heteroatoms. The molecule has 0 saturated carbocycles. The molecule has 2 rings (SSSR count). The van der Waals surface area contributed by atoms with E-state index in [9.17, 15) is 4.79 Å². The fraction of sp³-hybridized carbons (Fsp3) is 0.588. The number of nitrogens with zero attached hydrogens (tertiary/aromatic N) is 2. The summed E-state index contributed by atoms with van der Waals surface area (Å²) in [4.78, 5) is 16.5. The number of carbonyl (C=O) groups excluding carboxylic acids is 1. The lowest BCUT2D eigenvalue weighted by Gasteiger charge is -2.34. The Bertz CT molecular complexity index is 438. The predicted octanol–water partition coefficient (Wildman–Crippen LogP) is 2.51. The van der Waals surface area contributed by atoms with Crippen molar-refractivity contribution in [3.8, 4) is 0 Å². The Morgan fingerprint density at radius 1 is 1.19 bits per heavy atom. The van der Waals surface area contributed by atoms with Crippen molar-refractivity contribution in [2.75, 3.05) is 39.0 Å². The van der Waals surface area contributed by atoms with E-state index in [4.69, 9.17) is 0 Å². The van der Waals surface area contributed by atoms with Gasteiger partial charge >= 0.3 is 0 Å². The second kappa shape index (κ2) is 8.44. The highest BCUT2D eigenvalue weighted by molar-refractivity contribution is 7.99. The van der Waals surface area contributed by atoms with Crippen molar-refractivity contribution in [1.82, 2.24) is 9.80 Å². The first-order valence-corrected chi connectivity index (χ1v) is 9.04. The number of carbonyl (C=O) groups is 1. The standard InChI is InChI=1S/C17H26N2OS/c1-15(21-2)8-10-18-12-13-19(17(20)14-18)11-9-16-6-4-3-5-7-16/h3-7,15H,8-14H2,1-2H3/t15-/m1/s1. The number of hydrogen-bond acceptors (Lipinski definition) is 3. The molecule has 1 aliphatic rings. The van der Waals surface area contributed by atoms with Gasteiger partial charge in [-0.05, 0) is 31.2 Å². The van der Waals surface area contributed by atoms with Crippen LogP contribution >= 0.6 is 11.8 Å². The maximum Gasteiger partial charge on any atom is 0.236 e. The van der Waals surface area contributed by atoms with E-state index < -0.39 is 0 Å². The number of thioether (sulfide) groups is 1. The van der Waals surface area contributed by atoms with Crippen molar-refractivity contribution in [2.45, 2.75) is 25.0 Å². The van der Waals surface area contributed by atoms with Crippen LogP contribution in [0.15, 0.2) is 30.3 Å². The van der Waals surface area contributed by atoms with Crippen molar-refractivity contribution in [3.05, 3.63) is 35.9 Å². The first kappa shape index (κ1) is 16.4. The number of amides is 1. The fourth-order valence-corrected chi connectivity index (χ4v) is 2.92. The zero-order chi connectivity index (χ0) is 15.1. The van der Waals surface area contributed by atoms with E-state index in [0.29, 0.717) is 11.8 Å². The van der Waals surface area contributed by atoms with E-state index in [1.807, 2.05) is 22.7 Å². The van der Waals surface area contributed by atoms with Crippen LogP contribution in [0.1, 0.15) is 18.9 Å². The molecule has 0 bridgehead atoms. The topological polar surface area (TPSA) is 23.6 Å². The number of piperazine rings is 1. The molecule has 1 atom stereocenters. The van der Waals surface area contributed by atoms with Crippen LogP contribution in [0.3, 0.4) is 0 Å². The molecule has 0 aliphatic carbocycles. The van der Waals surface area contributed by atoms with E-state index in [2.05, 4.69) is 42.3 Å². The molecule has 3 nitrogen and oxygen atoms in total. The molecule has 1 aromatic rings. The Hall–Kier alpha value is -1.00. The van der Waals surface area contributed by atoms with Crippen molar-refractivity contribution < 1.29 is 4.79 Å². The average molecular weight is 306 g/mol. The SMILES string of the molecule is CS[C@H](C)CCN1CCN(CCc2ccccc2)C(=O)C1. The Labute approximate surface area is 132 Å². The highest BCUT2D eigenvalue weighted by Gasteiger charge is 2.23. The molecular weight excluding hydrogens is 280 g/mol. The molecule has 1 heterocycles. The lowest BCUT2D eigenvalue weighted by atomic mass is 10.1. The van der Waals surface area contributed by atoms with Gasteiger partial charge in [-0.2, -0.15) is 11.8 Å². The minimum atomic E-state index is 0.286. The van der Waals surface area contributed by atoms with E-state index in [0.717, 1.165) is 32.6 Å². The molecule has 0 spiro atoms. The quantitative estimate of drug-likeness (QED) is 0.773. The lowest BCUT2D eigenvalue weighted by Crippen LogP contribution is -2.51. The zero-order valence-electron chi connectivity index (χ0n) is 13.1. The number of benzene rings is 1. The molecule has 1 amide bonds. The fourth-order valence-electron chi connectivity index (χ4n) is 2.58. The molecule has 1 aromatic carbocycles. The number of rotatable bonds is 7. The summed E-state index contributed by atoms with van der Waals surface area (Å²) in [5, 5.41) is 0.677. The monoisotopic (exact) mass is 306 g/mol. The normalized spacial score (nSPS) is 18.0. The van der Waals surface area contributed by atoms with E-state index >= 15 is 0 Å². The van der Waals surface area contributed by atoms with Crippen molar-refractivity contribution in [1.29, 1.82) is 0 Å². The molecule has 0 radical (unpaired) electrons. The maximum atomic E-state index is 12.2. The van der Waals surface area contributed by atoms with Crippen LogP contribution in [0.25, 0.3) is 0 Å². The summed E-state index contributed by atoms with van der Waals surface area (Å²) in [6.07, 6.45) is 4.27. The van der Waals surface area contributed by atoms with Crippen LogP contribution in [0.5, 0.6) is 0 Å². The van der Waals surface area contributed by atoms with Gasteiger partial charge < -0.3 is 4.90 Å². The van der Waals surface area contributed by atoms with Crippen molar-refractivity contribution in [3.63, 3.8) is 0 Å². The summed E-state index contributed by atoms with van der Waals surface area (Å²) in [7, 11) is 0. The van der Waals surface area contributed by atoms with E-state index in [-0.39, 0.29) is 5.91 Å². The van der Waals surface area contributed by atoms with Gasteiger partial charge in [0, 0.05) is 24.9 Å². The van der Waals surface area contributed by atoms with Crippen LogP contribution in [0.2, 0.25) is 0 Å². The van der Waals surface area contributed by atoms with Gasteiger partial charge in [0.05, 0.1) is 6.54 Å². The first-order chi connectivity index (χ1) is 10.2. The molecule has 0 unspecified atom stereocenters. The minimum Gasteiger partial charge on any atom is -0.340 e. The summed E-state index contributed by atoms with van der Waals surface area (Å²) in [6.45, 7) is 6.62. The molecule has 1 aliphatic heterocycles. The summed E-state index contributed by atoms with van der Waals surface area (Å²) >= 11 is 1.90. The zero-order valence-corrected chi connectivity index (χ0v) is 13.9. The smallest absolute Gasteiger partial charge is 0.236 e. The first-order valence-electron chi connectivity index (χ1n) is 7.76. The third-order valence-electron chi connectivity index (χ3n) is 4.17. The van der Waals surface area contributed by atoms with Crippen LogP contribution in [-0.2, 0) is 11.2 Å². The summed E-state index contributed by atoms with van der Waals surface area (Å²) in [5.41, 5.74) is 1.31. The van der Waals surface area contributed by atoms with Crippen LogP contribution in [0.4, 0.5) is 0 Å². The Balaban J connectivity index is 1.72. The molecule has 1 saturated heterocycles. The molecular formula is C17H26N2OS. The predicted molar refractivity (Wildman–Crippen MR) is 90.8 cm³/mol. The van der Waals surface area contributed by atoms with Gasteiger partial charge in [0.2, 0.25) is 5.91 Å². The van der Waals surface area contributed by atoms with Crippen molar-refractivity contribution in [2.24, 2.45) is 0 Å². The van der Waals surface area contributed by atoms with Gasteiger partial charge in [-0.3, -0.25) is 9.69 Å². The van der Waals surface area contributed by atoms with E-state index in [1.165, 1.54) is 12.0 Å². The Morgan fingerprint density at radius 3 is 2.62 bits per heavy atom. The molecule has 116 valence electrons. The second-order valence-electron chi connectivity index (χ2n) is 5.73. The number of hydrogen-bond donors (Lipinski definition) is 0. The van der Waals surface area contributed by atoms with Gasteiger partial charge in [-0.1, -0.05) is 37.3 Å². The van der Waals surface area contributed by atoms with Gasteiger partial charge in [-0.25, -0.2) is 0 Å². The summed E-state index contributed by atoms with van der Waals surface area (Å²) in [6, 6.07) is 10.4. The summed E-state index contributed by atoms with van der Waals surface area (Å²) in [5.74, 6) is 0.286. The molecule has 21 heavy (non-hydrogen) atoms. The van der Waals surface area contributed by atoms with Crippen LogP contribution in [-0.4, -0.2) is 59.9 Å². The van der Waals surface area contributed by atoms with Gasteiger partial charge in [0.1, 0.15) is 0 Å². The van der Waals surface area contributed by atoms with Gasteiger partial charge in [-0.15, -0.1) is 0 Å². The van der Waals surface area contributed by atoms with Gasteiger partial charge in [0.25, 0.3) is 0 Å². The largest absolute Gasteiger partial charge is 0.340 e. The van der Waals surface area contributed by atoms with E-state index in [1.54, 1.807) is 0 Å². The highest BCUT2D eigenvalue weighted by atomic mass is 32.2. The van der Waals surface area contributed by atoms with Gasteiger partial charge in [0.15, 0.2) is 0 Å². The Morgan fingerprint density at radius 2 is 1.95 bits per heavy atom. The molecule has 0 aromatic heterocycles. The Kier molecular flexibility index (Phi) is 6.58. The minimum absolute atomic E-state index is 0.286. The van der Waals surface area contributed by atoms with Crippen LogP contribution in [0, 0.1) is 0 Å². The third-order valence-corrected chi connectivity index (χ3v) is 5.21. The highest BCUT2D eigenvalue weighted by Crippen LogP contribution is 2.12. The molecule has 0 N–H and O–H groups in total. The maximum absolute atomic E-state index is 12.2. The van der Waals surface area contributed by atoms with Crippen molar-refractivity contribution >= 4 is 17.7 Å². The van der Waals surface area contributed by atoms with Crippen LogP contribution < -0.4 is 0 Å². The second-order valence-corrected chi connectivity index (χ2v) is 7.00. The third kappa shape index (κ3) is 5.36. The lowest BCUT2D eigenvalue weighted by molar-refractivity contribution is -0.135. The summed E-state index contributed by atoms with van der Waals surface area (Å²) < 4.78 is 0. The average Bonchev–Trinajstić information content (AvgIpc) is 2.52. The molecule has 1 fully saturated rings.